The van der Waals surface area contributed by atoms with Crippen molar-refractivity contribution in [2.24, 2.45) is 5.73 Å². The standard InChI is InChI=1S/C15H22N2O2/c1-12-4-5-14(13(10-12)6-7-16)19-11-15(18)17-8-2-3-9-17/h4-5,10H,2-3,6-9,11,16H2,1H3. The van der Waals surface area contributed by atoms with Gasteiger partial charge < -0.3 is 15.4 Å². The van der Waals surface area contributed by atoms with Crippen molar-refractivity contribution in [2.45, 2.75) is 26.2 Å². The SMILES string of the molecule is Cc1ccc(OCC(=O)N2CCCC2)c(CCN)c1. The lowest BCUT2D eigenvalue weighted by molar-refractivity contribution is -0.132. The molecular weight excluding hydrogens is 240 g/mol. The van der Waals surface area contributed by atoms with Gasteiger partial charge in [0.25, 0.3) is 5.91 Å². The predicted molar refractivity (Wildman–Crippen MR) is 75.2 cm³/mol. The van der Waals surface area contributed by atoms with Crippen molar-refractivity contribution in [3.63, 3.8) is 0 Å². The number of carbonyl (C=O) groups is 1. The normalized spacial score (nSPS) is 14.7. The molecule has 0 spiro atoms. The molecule has 1 fully saturated rings. The number of likely N-dealkylation sites (tertiary alicyclic amines) is 1. The number of amides is 1. The quantitative estimate of drug-likeness (QED) is 0.875. The molecule has 0 radical (unpaired) electrons. The Morgan fingerprint density at radius 2 is 2.11 bits per heavy atom. The molecule has 2 N–H and O–H groups in total. The van der Waals surface area contributed by atoms with E-state index in [1.165, 1.54) is 5.56 Å². The Labute approximate surface area is 114 Å². The van der Waals surface area contributed by atoms with Gasteiger partial charge in [-0.05, 0) is 44.4 Å². The fourth-order valence-corrected chi connectivity index (χ4v) is 2.40. The second kappa shape index (κ2) is 6.57. The van der Waals surface area contributed by atoms with Gasteiger partial charge in [-0.1, -0.05) is 17.7 Å². The lowest BCUT2D eigenvalue weighted by atomic mass is 10.1. The molecule has 1 heterocycles. The van der Waals surface area contributed by atoms with E-state index >= 15 is 0 Å². The van der Waals surface area contributed by atoms with Gasteiger partial charge in [0.2, 0.25) is 0 Å². The van der Waals surface area contributed by atoms with Crippen LogP contribution in [0, 0.1) is 6.92 Å². The Bertz CT molecular complexity index is 440. The van der Waals surface area contributed by atoms with Crippen LogP contribution in [0.3, 0.4) is 0 Å². The van der Waals surface area contributed by atoms with Crippen LogP contribution in [-0.4, -0.2) is 37.0 Å². The van der Waals surface area contributed by atoms with Crippen LogP contribution < -0.4 is 10.5 Å². The van der Waals surface area contributed by atoms with E-state index in [1.807, 2.05) is 24.0 Å². The third-order valence-corrected chi connectivity index (χ3v) is 3.44. The van der Waals surface area contributed by atoms with Crippen LogP contribution in [0.1, 0.15) is 24.0 Å². The van der Waals surface area contributed by atoms with Crippen molar-refractivity contribution in [2.75, 3.05) is 26.2 Å². The maximum Gasteiger partial charge on any atom is 0.260 e. The van der Waals surface area contributed by atoms with Crippen LogP contribution in [0.25, 0.3) is 0 Å². The van der Waals surface area contributed by atoms with E-state index < -0.39 is 0 Å². The van der Waals surface area contributed by atoms with Crippen LogP contribution in [0.15, 0.2) is 18.2 Å². The highest BCUT2D eigenvalue weighted by molar-refractivity contribution is 5.78. The molecule has 0 saturated carbocycles. The zero-order valence-corrected chi connectivity index (χ0v) is 11.5. The fraction of sp³-hybridized carbons (Fsp3) is 0.533. The third kappa shape index (κ3) is 3.70. The van der Waals surface area contributed by atoms with Crippen LogP contribution in [0.2, 0.25) is 0 Å². The summed E-state index contributed by atoms with van der Waals surface area (Å²) in [7, 11) is 0. The fourth-order valence-electron chi connectivity index (χ4n) is 2.40. The molecule has 2 rings (SSSR count). The first-order valence-electron chi connectivity index (χ1n) is 6.91. The van der Waals surface area contributed by atoms with Gasteiger partial charge in [-0.3, -0.25) is 4.79 Å². The van der Waals surface area contributed by atoms with Gasteiger partial charge in [0.05, 0.1) is 0 Å². The first kappa shape index (κ1) is 13.9. The minimum atomic E-state index is 0.0803. The van der Waals surface area contributed by atoms with Crippen molar-refractivity contribution in [3.8, 4) is 5.75 Å². The molecule has 1 amide bonds. The van der Waals surface area contributed by atoms with Crippen molar-refractivity contribution in [1.29, 1.82) is 0 Å². The Morgan fingerprint density at radius 1 is 1.37 bits per heavy atom. The van der Waals surface area contributed by atoms with Crippen molar-refractivity contribution in [1.82, 2.24) is 4.90 Å². The molecule has 0 aliphatic carbocycles. The first-order chi connectivity index (χ1) is 9.20. The molecule has 104 valence electrons. The molecule has 0 unspecified atom stereocenters. The molecule has 0 aromatic heterocycles. The van der Waals surface area contributed by atoms with Crippen molar-refractivity contribution >= 4 is 5.91 Å². The summed E-state index contributed by atoms with van der Waals surface area (Å²) in [6.45, 7) is 4.48. The van der Waals surface area contributed by atoms with Gasteiger partial charge in [-0.15, -0.1) is 0 Å². The first-order valence-corrected chi connectivity index (χ1v) is 6.91. The van der Waals surface area contributed by atoms with Crippen molar-refractivity contribution < 1.29 is 9.53 Å². The van der Waals surface area contributed by atoms with E-state index in [1.54, 1.807) is 0 Å². The number of rotatable bonds is 5. The number of aryl methyl sites for hydroxylation is 1. The molecule has 1 aliphatic heterocycles. The summed E-state index contributed by atoms with van der Waals surface area (Å²) >= 11 is 0. The Hall–Kier alpha value is -1.55. The molecular formula is C15H22N2O2. The molecule has 4 heteroatoms. The summed E-state index contributed by atoms with van der Waals surface area (Å²) in [5.41, 5.74) is 7.87. The molecule has 1 aromatic rings. The Balaban J connectivity index is 1.96. The molecule has 0 bridgehead atoms. The van der Waals surface area contributed by atoms with E-state index in [-0.39, 0.29) is 12.5 Å². The number of nitrogens with two attached hydrogens (primary N) is 1. The topological polar surface area (TPSA) is 55.6 Å². The van der Waals surface area contributed by atoms with E-state index in [9.17, 15) is 4.79 Å². The van der Waals surface area contributed by atoms with E-state index in [4.69, 9.17) is 10.5 Å². The number of hydrogen-bond donors (Lipinski definition) is 1. The molecule has 0 atom stereocenters. The Kier molecular flexibility index (Phi) is 4.80. The van der Waals surface area contributed by atoms with Gasteiger partial charge in [0.15, 0.2) is 6.61 Å². The summed E-state index contributed by atoms with van der Waals surface area (Å²) < 4.78 is 5.67. The third-order valence-electron chi connectivity index (χ3n) is 3.44. The highest BCUT2D eigenvalue weighted by Gasteiger charge is 2.18. The minimum Gasteiger partial charge on any atom is -0.483 e. The van der Waals surface area contributed by atoms with Crippen molar-refractivity contribution in [3.05, 3.63) is 29.3 Å². The van der Waals surface area contributed by atoms with Crippen LogP contribution in [0.4, 0.5) is 0 Å². The largest absolute Gasteiger partial charge is 0.483 e. The molecule has 1 aromatic carbocycles. The van der Waals surface area contributed by atoms with Gasteiger partial charge in [-0.25, -0.2) is 0 Å². The maximum atomic E-state index is 11.9. The summed E-state index contributed by atoms with van der Waals surface area (Å²) in [6, 6.07) is 6.00. The number of hydrogen-bond acceptors (Lipinski definition) is 3. The highest BCUT2D eigenvalue weighted by Crippen LogP contribution is 2.20. The molecule has 4 nitrogen and oxygen atoms in total. The highest BCUT2D eigenvalue weighted by atomic mass is 16.5. The second-order valence-corrected chi connectivity index (χ2v) is 5.03. The second-order valence-electron chi connectivity index (χ2n) is 5.03. The van der Waals surface area contributed by atoms with Gasteiger partial charge in [0, 0.05) is 13.1 Å². The van der Waals surface area contributed by atoms with Gasteiger partial charge >= 0.3 is 0 Å². The zero-order chi connectivity index (χ0) is 13.7. The predicted octanol–water partition coefficient (Wildman–Crippen LogP) is 1.50. The number of ether oxygens (including phenoxy) is 1. The summed E-state index contributed by atoms with van der Waals surface area (Å²) in [5, 5.41) is 0. The smallest absolute Gasteiger partial charge is 0.260 e. The maximum absolute atomic E-state index is 11.9. The lowest BCUT2D eigenvalue weighted by Crippen LogP contribution is -2.32. The average Bonchev–Trinajstić information content (AvgIpc) is 2.92. The van der Waals surface area contributed by atoms with E-state index in [2.05, 4.69) is 6.07 Å². The number of carbonyl (C=O) groups excluding carboxylic acids is 1. The van der Waals surface area contributed by atoms with E-state index in [0.717, 1.165) is 43.7 Å². The van der Waals surface area contributed by atoms with Gasteiger partial charge in [-0.2, -0.15) is 0 Å². The van der Waals surface area contributed by atoms with Crippen LogP contribution in [0.5, 0.6) is 5.75 Å². The molecule has 1 saturated heterocycles. The van der Waals surface area contributed by atoms with Crippen LogP contribution in [-0.2, 0) is 11.2 Å². The van der Waals surface area contributed by atoms with Crippen LogP contribution >= 0.6 is 0 Å². The van der Waals surface area contributed by atoms with E-state index in [0.29, 0.717) is 6.54 Å². The molecule has 19 heavy (non-hydrogen) atoms. The summed E-state index contributed by atoms with van der Waals surface area (Å²) in [6.07, 6.45) is 2.98. The Morgan fingerprint density at radius 3 is 2.79 bits per heavy atom. The summed E-state index contributed by atoms with van der Waals surface area (Å²) in [4.78, 5) is 13.8. The average molecular weight is 262 g/mol. The number of benzene rings is 1. The zero-order valence-electron chi connectivity index (χ0n) is 11.5. The summed E-state index contributed by atoms with van der Waals surface area (Å²) in [5.74, 6) is 0.861. The minimum absolute atomic E-state index is 0.0803. The lowest BCUT2D eigenvalue weighted by Gasteiger charge is -2.17. The molecule has 1 aliphatic rings. The monoisotopic (exact) mass is 262 g/mol. The number of nitrogens with zero attached hydrogens (tertiary/aromatic N) is 1. The van der Waals surface area contributed by atoms with Gasteiger partial charge in [0.1, 0.15) is 5.75 Å².